The summed E-state index contributed by atoms with van der Waals surface area (Å²) in [5.74, 6) is 0.00472. The number of nitrogens with zero attached hydrogens (tertiary/aromatic N) is 2. The normalized spacial score (nSPS) is 10.4. The van der Waals surface area contributed by atoms with E-state index in [1.54, 1.807) is 29.1 Å². The van der Waals surface area contributed by atoms with Crippen molar-refractivity contribution >= 4 is 17.4 Å². The first kappa shape index (κ1) is 10.9. The molecule has 0 fully saturated rings. The molecule has 1 aromatic carbocycles. The number of benzene rings is 1. The highest BCUT2D eigenvalue weighted by Crippen LogP contribution is 2.21. The lowest BCUT2D eigenvalue weighted by Crippen LogP contribution is -1.98. The van der Waals surface area contributed by atoms with Crippen LogP contribution in [-0.4, -0.2) is 15.6 Å². The lowest BCUT2D eigenvalue weighted by molar-refractivity contribution is 0.101. The maximum Gasteiger partial charge on any atom is 0.159 e. The Morgan fingerprint density at radius 3 is 2.69 bits per heavy atom. The second-order valence-electron chi connectivity index (χ2n) is 3.68. The van der Waals surface area contributed by atoms with Gasteiger partial charge in [0.15, 0.2) is 5.78 Å². The third-order valence-electron chi connectivity index (χ3n) is 2.31. The van der Waals surface area contributed by atoms with Gasteiger partial charge >= 0.3 is 0 Å². The zero-order chi connectivity index (χ0) is 11.7. The lowest BCUT2D eigenvalue weighted by atomic mass is 10.1. The molecule has 0 aliphatic rings. The minimum absolute atomic E-state index is 0.00472. The fourth-order valence-corrected chi connectivity index (χ4v) is 1.72. The summed E-state index contributed by atoms with van der Waals surface area (Å²) in [6, 6.07) is 5.21. The molecule has 2 rings (SSSR count). The molecule has 0 aliphatic carbocycles. The summed E-state index contributed by atoms with van der Waals surface area (Å²) >= 11 is 6.10. The van der Waals surface area contributed by atoms with Crippen molar-refractivity contribution in [2.45, 2.75) is 13.8 Å². The van der Waals surface area contributed by atoms with Gasteiger partial charge in [-0.2, -0.15) is 5.10 Å². The fourth-order valence-electron chi connectivity index (χ4n) is 1.46. The van der Waals surface area contributed by atoms with Gasteiger partial charge in [-0.1, -0.05) is 11.6 Å². The van der Waals surface area contributed by atoms with Crippen LogP contribution in [0.3, 0.4) is 0 Å². The van der Waals surface area contributed by atoms with E-state index in [2.05, 4.69) is 5.10 Å². The molecule has 0 atom stereocenters. The molecule has 0 amide bonds. The Kier molecular flexibility index (Phi) is 2.79. The molecule has 0 radical (unpaired) electrons. The minimum atomic E-state index is 0.00472. The quantitative estimate of drug-likeness (QED) is 0.749. The third-order valence-corrected chi connectivity index (χ3v) is 2.62. The average Bonchev–Trinajstić information content (AvgIpc) is 2.64. The van der Waals surface area contributed by atoms with Crippen LogP contribution in [0.1, 0.15) is 22.8 Å². The number of aromatic nitrogens is 2. The van der Waals surface area contributed by atoms with Crippen LogP contribution in [0, 0.1) is 6.92 Å². The topological polar surface area (TPSA) is 34.9 Å². The molecule has 2 aromatic rings. The summed E-state index contributed by atoms with van der Waals surface area (Å²) in [6.07, 6.45) is 3.64. The molecule has 4 heteroatoms. The Balaban J connectivity index is 2.47. The minimum Gasteiger partial charge on any atom is -0.295 e. The van der Waals surface area contributed by atoms with Gasteiger partial charge in [0.25, 0.3) is 0 Å². The number of hydrogen-bond acceptors (Lipinski definition) is 2. The monoisotopic (exact) mass is 234 g/mol. The predicted molar refractivity (Wildman–Crippen MR) is 63.3 cm³/mol. The van der Waals surface area contributed by atoms with Gasteiger partial charge in [-0.15, -0.1) is 0 Å². The molecule has 0 N–H and O–H groups in total. The zero-order valence-electron chi connectivity index (χ0n) is 9.07. The van der Waals surface area contributed by atoms with Crippen molar-refractivity contribution in [1.82, 2.24) is 9.78 Å². The van der Waals surface area contributed by atoms with Crippen molar-refractivity contribution in [2.24, 2.45) is 0 Å². The zero-order valence-corrected chi connectivity index (χ0v) is 9.82. The standard InChI is InChI=1S/C12H11ClN2O/c1-8-6-14-15(7-8)12-4-3-10(9(2)16)5-11(12)13/h3-7H,1-2H3. The summed E-state index contributed by atoms with van der Waals surface area (Å²) in [6.45, 7) is 3.48. The average molecular weight is 235 g/mol. The van der Waals surface area contributed by atoms with Gasteiger partial charge in [-0.25, -0.2) is 4.68 Å². The van der Waals surface area contributed by atoms with E-state index in [9.17, 15) is 4.79 Å². The van der Waals surface area contributed by atoms with Crippen molar-refractivity contribution in [1.29, 1.82) is 0 Å². The van der Waals surface area contributed by atoms with Gasteiger partial charge < -0.3 is 0 Å². The first-order chi connectivity index (χ1) is 7.58. The van der Waals surface area contributed by atoms with Crippen LogP contribution in [0.5, 0.6) is 0 Å². The molecule has 3 nitrogen and oxygen atoms in total. The number of carbonyl (C=O) groups excluding carboxylic acids is 1. The van der Waals surface area contributed by atoms with E-state index in [4.69, 9.17) is 11.6 Å². The second kappa shape index (κ2) is 4.10. The van der Waals surface area contributed by atoms with E-state index in [1.165, 1.54) is 6.92 Å². The van der Waals surface area contributed by atoms with Gasteiger partial charge in [0, 0.05) is 11.8 Å². The molecule has 0 bridgehead atoms. The molecular formula is C12H11ClN2O. The summed E-state index contributed by atoms with van der Waals surface area (Å²) in [5.41, 5.74) is 2.45. The van der Waals surface area contributed by atoms with Gasteiger partial charge in [0.05, 0.1) is 16.9 Å². The smallest absolute Gasteiger partial charge is 0.159 e. The molecule has 0 saturated carbocycles. The number of aryl methyl sites for hydroxylation is 1. The van der Waals surface area contributed by atoms with Crippen molar-refractivity contribution in [3.05, 3.63) is 46.7 Å². The molecule has 0 aliphatic heterocycles. The molecule has 1 heterocycles. The number of hydrogen-bond donors (Lipinski definition) is 0. The van der Waals surface area contributed by atoms with E-state index in [-0.39, 0.29) is 5.78 Å². The van der Waals surface area contributed by atoms with Crippen molar-refractivity contribution in [2.75, 3.05) is 0 Å². The third kappa shape index (κ3) is 1.99. The van der Waals surface area contributed by atoms with Crippen LogP contribution in [0.4, 0.5) is 0 Å². The number of carbonyl (C=O) groups is 1. The molecule has 1 aromatic heterocycles. The summed E-state index contributed by atoms with van der Waals surface area (Å²) < 4.78 is 1.70. The summed E-state index contributed by atoms with van der Waals surface area (Å²) in [4.78, 5) is 11.2. The van der Waals surface area contributed by atoms with E-state index >= 15 is 0 Å². The Morgan fingerprint density at radius 2 is 2.19 bits per heavy atom. The molecule has 0 spiro atoms. The van der Waals surface area contributed by atoms with Gasteiger partial charge in [0.2, 0.25) is 0 Å². The maximum atomic E-state index is 11.2. The maximum absolute atomic E-state index is 11.2. The highest BCUT2D eigenvalue weighted by molar-refractivity contribution is 6.32. The van der Waals surface area contributed by atoms with E-state index in [0.29, 0.717) is 10.6 Å². The van der Waals surface area contributed by atoms with Crippen molar-refractivity contribution in [3.8, 4) is 5.69 Å². The highest BCUT2D eigenvalue weighted by atomic mass is 35.5. The van der Waals surface area contributed by atoms with Crippen LogP contribution in [-0.2, 0) is 0 Å². The number of rotatable bonds is 2. The number of Topliss-reactive ketones (excluding diaryl/α,β-unsaturated/α-hetero) is 1. The molecule has 16 heavy (non-hydrogen) atoms. The Morgan fingerprint density at radius 1 is 1.44 bits per heavy atom. The van der Waals surface area contributed by atoms with E-state index < -0.39 is 0 Å². The molecule has 0 saturated heterocycles. The largest absolute Gasteiger partial charge is 0.295 e. The SMILES string of the molecule is CC(=O)c1ccc(-n2cc(C)cn2)c(Cl)c1. The van der Waals surface area contributed by atoms with E-state index in [1.807, 2.05) is 13.1 Å². The Bertz CT molecular complexity index is 546. The second-order valence-corrected chi connectivity index (χ2v) is 4.09. The lowest BCUT2D eigenvalue weighted by Gasteiger charge is -2.05. The first-order valence-electron chi connectivity index (χ1n) is 4.90. The highest BCUT2D eigenvalue weighted by Gasteiger charge is 2.07. The van der Waals surface area contributed by atoms with Crippen LogP contribution in [0.2, 0.25) is 5.02 Å². The molecular weight excluding hydrogens is 224 g/mol. The fraction of sp³-hybridized carbons (Fsp3) is 0.167. The molecule has 82 valence electrons. The Hall–Kier alpha value is -1.61. The van der Waals surface area contributed by atoms with Gasteiger partial charge in [0.1, 0.15) is 0 Å². The van der Waals surface area contributed by atoms with Crippen LogP contribution in [0.15, 0.2) is 30.6 Å². The van der Waals surface area contributed by atoms with Crippen LogP contribution < -0.4 is 0 Å². The van der Waals surface area contributed by atoms with Gasteiger partial charge in [-0.3, -0.25) is 4.79 Å². The van der Waals surface area contributed by atoms with E-state index in [0.717, 1.165) is 11.3 Å². The first-order valence-corrected chi connectivity index (χ1v) is 5.28. The number of ketones is 1. The van der Waals surface area contributed by atoms with Crippen LogP contribution >= 0.6 is 11.6 Å². The molecule has 0 unspecified atom stereocenters. The van der Waals surface area contributed by atoms with Crippen molar-refractivity contribution < 1.29 is 4.79 Å². The predicted octanol–water partition coefficient (Wildman–Crippen LogP) is 3.04. The Labute approximate surface area is 98.7 Å². The number of halogens is 1. The van der Waals surface area contributed by atoms with Gasteiger partial charge in [-0.05, 0) is 37.6 Å². The summed E-state index contributed by atoms with van der Waals surface area (Å²) in [7, 11) is 0. The summed E-state index contributed by atoms with van der Waals surface area (Å²) in [5, 5.41) is 4.69. The van der Waals surface area contributed by atoms with Crippen molar-refractivity contribution in [3.63, 3.8) is 0 Å². The van der Waals surface area contributed by atoms with Crippen LogP contribution in [0.25, 0.3) is 5.69 Å².